The zero-order valence-corrected chi connectivity index (χ0v) is 18.6. The third-order valence-corrected chi connectivity index (χ3v) is 5.77. The van der Waals surface area contributed by atoms with E-state index in [0.717, 1.165) is 28.9 Å². The Kier molecular flexibility index (Phi) is 6.45. The first-order valence-corrected chi connectivity index (χ1v) is 10.7. The average molecular weight is 429 g/mol. The van der Waals surface area contributed by atoms with Crippen molar-refractivity contribution in [1.82, 2.24) is 0 Å². The van der Waals surface area contributed by atoms with Gasteiger partial charge in [-0.15, -0.1) is 0 Å². The van der Waals surface area contributed by atoms with Crippen LogP contribution in [0.5, 0.6) is 11.5 Å². The van der Waals surface area contributed by atoms with E-state index in [-0.39, 0.29) is 18.0 Å². The maximum Gasteiger partial charge on any atom is 0.251 e. The number of para-hydroxylation sites is 2. The van der Waals surface area contributed by atoms with Crippen LogP contribution >= 0.6 is 0 Å². The van der Waals surface area contributed by atoms with Crippen LogP contribution in [0.4, 0.5) is 11.4 Å². The normalized spacial score (nSPS) is 17.7. The average Bonchev–Trinajstić information content (AvgIpc) is 2.83. The number of hydrogen-bond donors (Lipinski definition) is 1. The lowest BCUT2D eigenvalue weighted by Crippen LogP contribution is -2.43. The van der Waals surface area contributed by atoms with E-state index in [1.807, 2.05) is 65.6 Å². The molecule has 5 nitrogen and oxygen atoms in total. The number of amides is 1. The SMILES string of the molecule is COc1ccc(/C=C/C(=O)N2c3ccccc3[C@H](Nc3ccccc3)C[C@@H]2C)cc1OC. The highest BCUT2D eigenvalue weighted by Crippen LogP contribution is 2.39. The number of ether oxygens (including phenoxy) is 2. The van der Waals surface area contributed by atoms with Gasteiger partial charge in [-0.3, -0.25) is 4.79 Å². The standard InChI is InChI=1S/C27H28N2O3/c1-19-17-23(28-21-9-5-4-6-10-21)22-11-7-8-12-24(22)29(19)27(30)16-14-20-13-15-25(31-2)26(18-20)32-3/h4-16,18-19,23,28H,17H2,1-3H3/b16-14+/t19-,23+/m0/s1. The van der Waals surface area contributed by atoms with Gasteiger partial charge in [0.15, 0.2) is 11.5 Å². The van der Waals surface area contributed by atoms with Crippen LogP contribution in [0.1, 0.15) is 30.5 Å². The highest BCUT2D eigenvalue weighted by Gasteiger charge is 2.32. The number of nitrogens with one attached hydrogen (secondary N) is 1. The summed E-state index contributed by atoms with van der Waals surface area (Å²) in [4.78, 5) is 15.1. The number of carbonyl (C=O) groups is 1. The van der Waals surface area contributed by atoms with Gasteiger partial charge in [-0.25, -0.2) is 0 Å². The largest absolute Gasteiger partial charge is 0.493 e. The minimum Gasteiger partial charge on any atom is -0.493 e. The summed E-state index contributed by atoms with van der Waals surface area (Å²) in [7, 11) is 3.20. The van der Waals surface area contributed by atoms with Crippen LogP contribution in [0.2, 0.25) is 0 Å². The Morgan fingerprint density at radius 1 is 0.969 bits per heavy atom. The van der Waals surface area contributed by atoms with Crippen molar-refractivity contribution in [3.63, 3.8) is 0 Å². The fourth-order valence-corrected chi connectivity index (χ4v) is 4.22. The van der Waals surface area contributed by atoms with Crippen LogP contribution in [0.15, 0.2) is 78.9 Å². The first-order valence-electron chi connectivity index (χ1n) is 10.7. The molecule has 0 radical (unpaired) electrons. The zero-order valence-electron chi connectivity index (χ0n) is 18.6. The van der Waals surface area contributed by atoms with E-state index in [0.29, 0.717) is 11.5 Å². The van der Waals surface area contributed by atoms with Crippen molar-refractivity contribution in [2.75, 3.05) is 24.4 Å². The maximum absolute atomic E-state index is 13.2. The summed E-state index contributed by atoms with van der Waals surface area (Å²) in [6, 6.07) is 24.1. The fourth-order valence-electron chi connectivity index (χ4n) is 4.22. The minimum absolute atomic E-state index is 0.0436. The summed E-state index contributed by atoms with van der Waals surface area (Å²) in [6.45, 7) is 2.10. The highest BCUT2D eigenvalue weighted by molar-refractivity contribution is 6.05. The molecular formula is C27H28N2O3. The van der Waals surface area contributed by atoms with E-state index in [9.17, 15) is 4.79 Å². The van der Waals surface area contributed by atoms with Gasteiger partial charge in [-0.05, 0) is 60.9 Å². The molecule has 0 bridgehead atoms. The van der Waals surface area contributed by atoms with Crippen molar-refractivity contribution < 1.29 is 14.3 Å². The van der Waals surface area contributed by atoms with Crippen molar-refractivity contribution in [1.29, 1.82) is 0 Å². The summed E-state index contributed by atoms with van der Waals surface area (Å²) < 4.78 is 10.7. The molecule has 3 aromatic carbocycles. The molecule has 32 heavy (non-hydrogen) atoms. The molecule has 1 aliphatic heterocycles. The fraction of sp³-hybridized carbons (Fsp3) is 0.222. The monoisotopic (exact) mass is 428 g/mol. The lowest BCUT2D eigenvalue weighted by molar-refractivity contribution is -0.114. The van der Waals surface area contributed by atoms with Gasteiger partial charge in [0, 0.05) is 23.5 Å². The number of fused-ring (bicyclic) bond motifs is 1. The summed E-state index contributed by atoms with van der Waals surface area (Å²) in [5, 5.41) is 3.63. The summed E-state index contributed by atoms with van der Waals surface area (Å²) >= 11 is 0. The molecule has 5 heteroatoms. The quantitative estimate of drug-likeness (QED) is 0.512. The number of hydrogen-bond acceptors (Lipinski definition) is 4. The summed E-state index contributed by atoms with van der Waals surface area (Å²) in [5.41, 5.74) is 4.02. The first kappa shape index (κ1) is 21.5. The number of methoxy groups -OCH3 is 2. The van der Waals surface area contributed by atoms with Crippen molar-refractivity contribution in [3.8, 4) is 11.5 Å². The second kappa shape index (κ2) is 9.60. The Bertz CT molecular complexity index is 1110. The van der Waals surface area contributed by atoms with E-state index >= 15 is 0 Å². The van der Waals surface area contributed by atoms with Gasteiger partial charge in [0.05, 0.1) is 20.3 Å². The van der Waals surface area contributed by atoms with E-state index in [1.165, 1.54) is 0 Å². The molecule has 0 spiro atoms. The van der Waals surface area contributed by atoms with Gasteiger partial charge in [-0.1, -0.05) is 42.5 Å². The number of rotatable bonds is 6. The van der Waals surface area contributed by atoms with E-state index in [4.69, 9.17) is 9.47 Å². The molecule has 0 saturated carbocycles. The number of carbonyl (C=O) groups excluding carboxylic acids is 1. The molecule has 1 aliphatic rings. The number of benzene rings is 3. The number of nitrogens with zero attached hydrogens (tertiary/aromatic N) is 1. The second-order valence-electron chi connectivity index (χ2n) is 7.86. The molecule has 3 aromatic rings. The molecule has 0 unspecified atom stereocenters. The zero-order chi connectivity index (χ0) is 22.5. The molecular weight excluding hydrogens is 400 g/mol. The van der Waals surface area contributed by atoms with Crippen LogP contribution in [0.25, 0.3) is 6.08 Å². The van der Waals surface area contributed by atoms with Crippen LogP contribution in [-0.4, -0.2) is 26.2 Å². The van der Waals surface area contributed by atoms with Gasteiger partial charge in [0.25, 0.3) is 5.91 Å². The predicted octanol–water partition coefficient (Wildman–Crippen LogP) is 5.70. The third-order valence-electron chi connectivity index (χ3n) is 5.77. The molecule has 0 fully saturated rings. The molecule has 2 atom stereocenters. The van der Waals surface area contributed by atoms with Gasteiger partial charge in [0.1, 0.15) is 0 Å². The molecule has 0 aliphatic carbocycles. The molecule has 4 rings (SSSR count). The van der Waals surface area contributed by atoms with E-state index in [1.54, 1.807) is 20.3 Å². The Balaban J connectivity index is 1.58. The summed E-state index contributed by atoms with van der Waals surface area (Å²) in [6.07, 6.45) is 4.26. The van der Waals surface area contributed by atoms with Gasteiger partial charge in [0.2, 0.25) is 0 Å². The molecule has 1 amide bonds. The lowest BCUT2D eigenvalue weighted by atomic mass is 9.91. The number of anilines is 2. The predicted molar refractivity (Wildman–Crippen MR) is 129 cm³/mol. The molecule has 164 valence electrons. The van der Waals surface area contributed by atoms with E-state index < -0.39 is 0 Å². The molecule has 1 N–H and O–H groups in total. The van der Waals surface area contributed by atoms with Crippen molar-refractivity contribution in [2.24, 2.45) is 0 Å². The van der Waals surface area contributed by atoms with Crippen molar-refractivity contribution in [2.45, 2.75) is 25.4 Å². The van der Waals surface area contributed by atoms with Crippen molar-refractivity contribution in [3.05, 3.63) is 90.0 Å². The highest BCUT2D eigenvalue weighted by atomic mass is 16.5. The Labute approximate surface area is 189 Å². The van der Waals surface area contributed by atoms with Crippen molar-refractivity contribution >= 4 is 23.4 Å². The van der Waals surface area contributed by atoms with Crippen LogP contribution < -0.4 is 19.7 Å². The van der Waals surface area contributed by atoms with Crippen LogP contribution in [0, 0.1) is 0 Å². The lowest BCUT2D eigenvalue weighted by Gasteiger charge is -2.39. The van der Waals surface area contributed by atoms with Gasteiger partial charge >= 0.3 is 0 Å². The molecule has 1 heterocycles. The van der Waals surface area contributed by atoms with Gasteiger partial charge in [-0.2, -0.15) is 0 Å². The molecule has 0 saturated heterocycles. The second-order valence-corrected chi connectivity index (χ2v) is 7.86. The van der Waals surface area contributed by atoms with Crippen LogP contribution in [-0.2, 0) is 4.79 Å². The third kappa shape index (κ3) is 4.47. The maximum atomic E-state index is 13.2. The summed E-state index contributed by atoms with van der Waals surface area (Å²) in [5.74, 6) is 1.25. The Morgan fingerprint density at radius 3 is 2.44 bits per heavy atom. The van der Waals surface area contributed by atoms with E-state index in [2.05, 4.69) is 30.4 Å². The Hall–Kier alpha value is -3.73. The minimum atomic E-state index is -0.0436. The van der Waals surface area contributed by atoms with Crippen LogP contribution in [0.3, 0.4) is 0 Å². The Morgan fingerprint density at radius 2 is 1.69 bits per heavy atom. The smallest absolute Gasteiger partial charge is 0.251 e. The molecule has 0 aromatic heterocycles. The first-order chi connectivity index (χ1) is 15.6. The van der Waals surface area contributed by atoms with Gasteiger partial charge < -0.3 is 19.7 Å². The topological polar surface area (TPSA) is 50.8 Å².